The van der Waals surface area contributed by atoms with Gasteiger partial charge < -0.3 is 5.32 Å². The van der Waals surface area contributed by atoms with Crippen LogP contribution in [-0.4, -0.2) is 11.7 Å². The molecule has 0 radical (unpaired) electrons. The summed E-state index contributed by atoms with van der Waals surface area (Å²) < 4.78 is 0. The number of carbonyl (C=O) groups excluding carboxylic acids is 2. The first-order valence-corrected chi connectivity index (χ1v) is 13.4. The predicted octanol–water partition coefficient (Wildman–Crippen LogP) is 7.80. The smallest absolute Gasteiger partial charge is 0.256 e. The Labute approximate surface area is 232 Å². The molecule has 0 aliphatic rings. The van der Waals surface area contributed by atoms with Gasteiger partial charge in [-0.25, -0.2) is 0 Å². The Hall–Kier alpha value is -4.11. The third-order valence-electron chi connectivity index (χ3n) is 5.97. The molecule has 4 aromatic rings. The number of hydrogen-bond donors (Lipinski definition) is 1. The van der Waals surface area contributed by atoms with Gasteiger partial charge in [-0.2, -0.15) is 5.26 Å². The van der Waals surface area contributed by atoms with Crippen molar-refractivity contribution in [1.29, 1.82) is 5.26 Å². The number of halogens is 1. The van der Waals surface area contributed by atoms with Gasteiger partial charge in [-0.1, -0.05) is 109 Å². The monoisotopic (exact) mass is 536 g/mol. The van der Waals surface area contributed by atoms with E-state index in [-0.39, 0.29) is 23.7 Å². The lowest BCUT2D eigenvalue weighted by Crippen LogP contribution is -2.24. The van der Waals surface area contributed by atoms with Gasteiger partial charge in [0.2, 0.25) is 0 Å². The van der Waals surface area contributed by atoms with Gasteiger partial charge in [0.05, 0.1) is 16.7 Å². The van der Waals surface area contributed by atoms with Crippen LogP contribution >= 0.6 is 23.4 Å². The lowest BCUT2D eigenvalue weighted by molar-refractivity contribution is 0.0966. The van der Waals surface area contributed by atoms with Crippen LogP contribution in [0, 0.1) is 11.3 Å². The molecule has 0 bridgehead atoms. The predicted molar refractivity (Wildman–Crippen MR) is 154 cm³/mol. The van der Waals surface area contributed by atoms with Crippen molar-refractivity contribution in [3.05, 3.63) is 153 Å². The molecule has 1 unspecified atom stereocenters. The minimum atomic E-state index is -0.657. The van der Waals surface area contributed by atoms with E-state index in [9.17, 15) is 14.9 Å². The van der Waals surface area contributed by atoms with Crippen molar-refractivity contribution < 1.29 is 9.59 Å². The molecule has 1 amide bonds. The van der Waals surface area contributed by atoms with Crippen molar-refractivity contribution in [3.63, 3.8) is 0 Å². The molecule has 4 aromatic carbocycles. The van der Waals surface area contributed by atoms with Crippen LogP contribution in [0.15, 0.2) is 126 Å². The first-order valence-electron chi connectivity index (χ1n) is 12.1. The number of rotatable bonds is 10. The Bertz CT molecular complexity index is 1470. The zero-order valence-electron chi connectivity index (χ0n) is 20.5. The minimum Gasteiger partial charge on any atom is -0.316 e. The fourth-order valence-corrected chi connectivity index (χ4v) is 5.29. The first-order chi connectivity index (χ1) is 18.6. The Morgan fingerprint density at radius 1 is 0.789 bits per heavy atom. The SMILES string of the molecule is N#C/C(=C(\NC(=O)c1ccccc1)SCc1ccccc1)C(CC(=O)c1ccccc1)c1ccccc1Cl. The maximum absolute atomic E-state index is 13.3. The van der Waals surface area contributed by atoms with Gasteiger partial charge >= 0.3 is 0 Å². The first kappa shape index (κ1) is 26.9. The van der Waals surface area contributed by atoms with E-state index in [1.807, 2.05) is 54.6 Å². The summed E-state index contributed by atoms with van der Waals surface area (Å²) in [5.74, 6) is -0.583. The van der Waals surface area contributed by atoms with E-state index in [4.69, 9.17) is 11.6 Å². The van der Waals surface area contributed by atoms with E-state index in [0.717, 1.165) is 5.56 Å². The van der Waals surface area contributed by atoms with Crippen LogP contribution in [0.3, 0.4) is 0 Å². The zero-order chi connectivity index (χ0) is 26.7. The Morgan fingerprint density at radius 3 is 1.95 bits per heavy atom. The molecule has 0 heterocycles. The summed E-state index contributed by atoms with van der Waals surface area (Å²) in [4.78, 5) is 26.5. The summed E-state index contributed by atoms with van der Waals surface area (Å²) >= 11 is 7.94. The summed E-state index contributed by atoms with van der Waals surface area (Å²) in [7, 11) is 0. The number of nitriles is 1. The molecule has 0 saturated carbocycles. The molecule has 1 N–H and O–H groups in total. The molecule has 0 spiro atoms. The molecule has 0 aliphatic carbocycles. The van der Waals surface area contributed by atoms with Crippen LogP contribution in [0.2, 0.25) is 5.02 Å². The van der Waals surface area contributed by atoms with Crippen molar-refractivity contribution in [3.8, 4) is 6.07 Å². The molecule has 0 saturated heterocycles. The normalized spacial score (nSPS) is 12.1. The Kier molecular flexibility index (Phi) is 9.53. The molecule has 0 fully saturated rings. The number of Topliss-reactive ketones (excluding diaryl/α,β-unsaturated/α-hetero) is 1. The number of carbonyl (C=O) groups is 2. The number of amides is 1. The van der Waals surface area contributed by atoms with Crippen LogP contribution in [0.1, 0.15) is 44.2 Å². The number of benzene rings is 4. The standard InChI is InChI=1S/C32H25ClN2O2S/c33-29-19-11-10-18-26(29)27(20-30(36)24-14-6-2-7-15-24)28(21-34)32(38-22-23-12-4-1-5-13-23)35-31(37)25-16-8-3-9-17-25/h1-19,27H,20,22H2,(H,35,37)/b32-28-. The van der Waals surface area contributed by atoms with E-state index >= 15 is 0 Å². The molecule has 0 aliphatic heterocycles. The van der Waals surface area contributed by atoms with E-state index in [0.29, 0.717) is 32.5 Å². The fraction of sp³-hybridized carbons (Fsp3) is 0.0938. The zero-order valence-corrected chi connectivity index (χ0v) is 22.1. The van der Waals surface area contributed by atoms with Crippen molar-refractivity contribution in [2.75, 3.05) is 0 Å². The van der Waals surface area contributed by atoms with Crippen molar-refractivity contribution in [2.45, 2.75) is 18.1 Å². The van der Waals surface area contributed by atoms with Gasteiger partial charge in [0.1, 0.15) is 0 Å². The molecule has 6 heteroatoms. The number of nitrogens with one attached hydrogen (secondary N) is 1. The Morgan fingerprint density at radius 2 is 1.34 bits per heavy atom. The summed E-state index contributed by atoms with van der Waals surface area (Å²) in [6.07, 6.45) is 0.0211. The number of hydrogen-bond acceptors (Lipinski definition) is 4. The van der Waals surface area contributed by atoms with Gasteiger partial charge in [-0.3, -0.25) is 9.59 Å². The van der Waals surface area contributed by atoms with Gasteiger partial charge in [0.15, 0.2) is 5.78 Å². The largest absolute Gasteiger partial charge is 0.316 e. The topological polar surface area (TPSA) is 70.0 Å². The number of allylic oxidation sites excluding steroid dienone is 1. The van der Waals surface area contributed by atoms with Crippen molar-refractivity contribution in [2.24, 2.45) is 0 Å². The van der Waals surface area contributed by atoms with E-state index in [1.165, 1.54) is 11.8 Å². The second-order valence-electron chi connectivity index (χ2n) is 8.52. The maximum atomic E-state index is 13.3. The van der Waals surface area contributed by atoms with Gasteiger partial charge in [0.25, 0.3) is 5.91 Å². The van der Waals surface area contributed by atoms with E-state index < -0.39 is 5.92 Å². The number of nitrogens with zero attached hydrogens (tertiary/aromatic N) is 1. The van der Waals surface area contributed by atoms with Crippen molar-refractivity contribution >= 4 is 35.1 Å². The second-order valence-corrected chi connectivity index (χ2v) is 9.91. The highest BCUT2D eigenvalue weighted by molar-refractivity contribution is 8.02. The van der Waals surface area contributed by atoms with Gasteiger partial charge in [-0.15, -0.1) is 11.8 Å². The Balaban J connectivity index is 1.78. The lowest BCUT2D eigenvalue weighted by atomic mass is 9.86. The summed E-state index contributed by atoms with van der Waals surface area (Å²) in [6, 6.07) is 37.1. The van der Waals surface area contributed by atoms with Crippen molar-refractivity contribution in [1.82, 2.24) is 5.32 Å². The number of ketones is 1. The fourth-order valence-electron chi connectivity index (χ4n) is 4.02. The van der Waals surface area contributed by atoms with Gasteiger partial charge in [-0.05, 0) is 29.3 Å². The maximum Gasteiger partial charge on any atom is 0.256 e. The molecular weight excluding hydrogens is 512 g/mol. The lowest BCUT2D eigenvalue weighted by Gasteiger charge is -2.21. The molecule has 4 nitrogen and oxygen atoms in total. The average molecular weight is 537 g/mol. The molecular formula is C32H25ClN2O2S. The average Bonchev–Trinajstić information content (AvgIpc) is 2.97. The third kappa shape index (κ3) is 7.01. The van der Waals surface area contributed by atoms with Crippen LogP contribution in [-0.2, 0) is 5.75 Å². The van der Waals surface area contributed by atoms with E-state index in [2.05, 4.69) is 11.4 Å². The third-order valence-corrected chi connectivity index (χ3v) is 7.40. The second kappa shape index (κ2) is 13.4. The van der Waals surface area contributed by atoms with Crippen LogP contribution in [0.25, 0.3) is 0 Å². The molecule has 0 aromatic heterocycles. The highest BCUT2D eigenvalue weighted by atomic mass is 35.5. The van der Waals surface area contributed by atoms with Crippen LogP contribution in [0.4, 0.5) is 0 Å². The van der Waals surface area contributed by atoms with Gasteiger partial charge in [0, 0.05) is 34.2 Å². The molecule has 188 valence electrons. The molecule has 38 heavy (non-hydrogen) atoms. The summed E-state index contributed by atoms with van der Waals surface area (Å²) in [6.45, 7) is 0. The summed E-state index contributed by atoms with van der Waals surface area (Å²) in [5, 5.41) is 14.3. The quantitative estimate of drug-likeness (QED) is 0.166. The highest BCUT2D eigenvalue weighted by Crippen LogP contribution is 2.38. The highest BCUT2D eigenvalue weighted by Gasteiger charge is 2.27. The molecule has 1 atom stereocenters. The van der Waals surface area contributed by atoms with Crippen LogP contribution in [0.5, 0.6) is 0 Å². The number of thioether (sulfide) groups is 1. The van der Waals surface area contributed by atoms with E-state index in [1.54, 1.807) is 60.7 Å². The minimum absolute atomic E-state index is 0.0211. The molecule has 4 rings (SSSR count). The van der Waals surface area contributed by atoms with Crippen LogP contribution < -0.4 is 5.32 Å². The summed E-state index contributed by atoms with van der Waals surface area (Å²) in [5.41, 5.74) is 3.00.